The minimum atomic E-state index is 0.240. The van der Waals surface area contributed by atoms with Crippen LogP contribution in [0.25, 0.3) is 5.69 Å². The summed E-state index contributed by atoms with van der Waals surface area (Å²) >= 11 is 2.31. The molecule has 0 atom stereocenters. The second-order valence-corrected chi connectivity index (χ2v) is 9.21. The average molecular weight is 450 g/mol. The Labute approximate surface area is 164 Å². The van der Waals surface area contributed by atoms with Gasteiger partial charge in [0.1, 0.15) is 0 Å². The van der Waals surface area contributed by atoms with E-state index in [1.165, 1.54) is 16.4 Å². The molecule has 0 spiro atoms. The summed E-state index contributed by atoms with van der Waals surface area (Å²) in [6.07, 6.45) is 2.34. The fourth-order valence-corrected chi connectivity index (χ4v) is 4.00. The molecule has 1 saturated heterocycles. The molecule has 0 saturated carbocycles. The number of likely N-dealkylation sites (tertiary alicyclic amines) is 1. The predicted octanol–water partition coefficient (Wildman–Crippen LogP) is 5.00. The van der Waals surface area contributed by atoms with Crippen molar-refractivity contribution in [2.24, 2.45) is 5.41 Å². The number of nitrogens with zero attached hydrogens (tertiary/aromatic N) is 2. The van der Waals surface area contributed by atoms with Crippen molar-refractivity contribution in [2.75, 3.05) is 19.6 Å². The maximum atomic E-state index is 12.9. The zero-order valence-electron chi connectivity index (χ0n) is 15.6. The van der Waals surface area contributed by atoms with E-state index in [0.717, 1.165) is 35.7 Å². The van der Waals surface area contributed by atoms with Crippen molar-refractivity contribution in [1.82, 2.24) is 9.47 Å². The van der Waals surface area contributed by atoms with E-state index >= 15 is 0 Å². The number of aryl methyl sites for hydroxylation is 1. The minimum Gasteiger partial charge on any atom is -0.318 e. The maximum absolute atomic E-state index is 12.9. The van der Waals surface area contributed by atoms with E-state index in [0.29, 0.717) is 12.0 Å². The quantitative estimate of drug-likeness (QED) is 0.484. The molecule has 3 rings (SSSR count). The van der Waals surface area contributed by atoms with Gasteiger partial charge in [-0.05, 0) is 98.1 Å². The second-order valence-electron chi connectivity index (χ2n) is 7.96. The molecule has 0 bridgehead atoms. The number of aromatic nitrogens is 1. The summed E-state index contributed by atoms with van der Waals surface area (Å²) in [7, 11) is 0. The van der Waals surface area contributed by atoms with Crippen molar-refractivity contribution < 1.29 is 4.79 Å². The number of hydrogen-bond donors (Lipinski definition) is 0. The maximum Gasteiger partial charge on any atom is 0.178 e. The summed E-state index contributed by atoms with van der Waals surface area (Å²) in [4.78, 5) is 15.2. The van der Waals surface area contributed by atoms with Crippen LogP contribution in [0.4, 0.5) is 0 Å². The number of Topliss-reactive ketones (excluding diaryl/α,β-unsaturated/α-hetero) is 1. The number of benzene rings is 1. The first-order valence-electron chi connectivity index (χ1n) is 8.97. The molecule has 1 aliphatic rings. The van der Waals surface area contributed by atoms with Crippen LogP contribution < -0.4 is 0 Å². The Morgan fingerprint density at radius 3 is 2.32 bits per heavy atom. The molecule has 2 aromatic rings. The van der Waals surface area contributed by atoms with Crippen LogP contribution in [0.3, 0.4) is 0 Å². The third-order valence-electron chi connectivity index (χ3n) is 5.39. The molecule has 1 aromatic carbocycles. The second kappa shape index (κ2) is 7.23. The highest BCUT2D eigenvalue weighted by Gasteiger charge is 2.27. The van der Waals surface area contributed by atoms with Crippen LogP contribution >= 0.6 is 22.6 Å². The van der Waals surface area contributed by atoms with Crippen molar-refractivity contribution >= 4 is 28.4 Å². The molecule has 0 amide bonds. The number of piperidine rings is 1. The Hall–Kier alpha value is -1.14. The minimum absolute atomic E-state index is 0.240. The van der Waals surface area contributed by atoms with E-state index in [1.54, 1.807) is 0 Å². The lowest BCUT2D eigenvalue weighted by Crippen LogP contribution is -2.40. The van der Waals surface area contributed by atoms with Crippen LogP contribution in [0.15, 0.2) is 30.3 Å². The topological polar surface area (TPSA) is 25.2 Å². The smallest absolute Gasteiger partial charge is 0.178 e. The molecule has 3 nitrogen and oxygen atoms in total. The first-order valence-corrected chi connectivity index (χ1v) is 10.1. The van der Waals surface area contributed by atoms with Crippen molar-refractivity contribution in [3.63, 3.8) is 0 Å². The number of halogens is 1. The van der Waals surface area contributed by atoms with Crippen molar-refractivity contribution in [3.8, 4) is 5.69 Å². The van der Waals surface area contributed by atoms with Crippen LogP contribution in [0.5, 0.6) is 0 Å². The van der Waals surface area contributed by atoms with Crippen molar-refractivity contribution in [1.29, 1.82) is 0 Å². The summed E-state index contributed by atoms with van der Waals surface area (Å²) in [5.74, 6) is 0.240. The number of hydrogen-bond acceptors (Lipinski definition) is 2. The van der Waals surface area contributed by atoms with E-state index < -0.39 is 0 Å². The Morgan fingerprint density at radius 2 is 1.72 bits per heavy atom. The van der Waals surface area contributed by atoms with Gasteiger partial charge in [-0.15, -0.1) is 0 Å². The Morgan fingerprint density at radius 1 is 1.12 bits per heavy atom. The number of carbonyl (C=O) groups is 1. The Bertz CT molecular complexity index is 764. The molecule has 1 aliphatic heterocycles. The SMILES string of the molecule is Cc1cc(C(=O)CN2CCC(C)(C)CC2)c(C)n1-c1ccc(I)cc1. The summed E-state index contributed by atoms with van der Waals surface area (Å²) in [6.45, 7) is 11.3. The fourth-order valence-electron chi connectivity index (χ4n) is 3.64. The molecule has 0 unspecified atom stereocenters. The number of rotatable bonds is 4. The van der Waals surface area contributed by atoms with Gasteiger partial charge >= 0.3 is 0 Å². The molecule has 1 fully saturated rings. The van der Waals surface area contributed by atoms with Crippen molar-refractivity contribution in [3.05, 3.63) is 50.9 Å². The molecule has 1 aromatic heterocycles. The van der Waals surface area contributed by atoms with Crippen LogP contribution in [-0.4, -0.2) is 34.9 Å². The Balaban J connectivity index is 1.78. The lowest BCUT2D eigenvalue weighted by Gasteiger charge is -2.36. The van der Waals surface area contributed by atoms with E-state index in [1.807, 2.05) is 6.07 Å². The monoisotopic (exact) mass is 450 g/mol. The number of ketones is 1. The van der Waals surface area contributed by atoms with E-state index in [-0.39, 0.29) is 5.78 Å². The normalized spacial score (nSPS) is 17.6. The number of carbonyl (C=O) groups excluding carboxylic acids is 1. The third kappa shape index (κ3) is 4.17. The molecular formula is C21H27IN2O. The van der Waals surface area contributed by atoms with Gasteiger partial charge in [0, 0.05) is 26.2 Å². The van der Waals surface area contributed by atoms with E-state index in [4.69, 9.17) is 0 Å². The highest BCUT2D eigenvalue weighted by atomic mass is 127. The molecule has 4 heteroatoms. The molecule has 2 heterocycles. The summed E-state index contributed by atoms with van der Waals surface area (Å²) < 4.78 is 3.40. The van der Waals surface area contributed by atoms with E-state index in [9.17, 15) is 4.79 Å². The zero-order valence-corrected chi connectivity index (χ0v) is 17.8. The molecule has 0 aliphatic carbocycles. The molecule has 25 heavy (non-hydrogen) atoms. The average Bonchev–Trinajstić information content (AvgIpc) is 2.85. The highest BCUT2D eigenvalue weighted by molar-refractivity contribution is 14.1. The largest absolute Gasteiger partial charge is 0.318 e. The lowest BCUT2D eigenvalue weighted by atomic mass is 9.82. The van der Waals surface area contributed by atoms with Gasteiger partial charge in [0.25, 0.3) is 0 Å². The standard InChI is InChI=1S/C21H27IN2O/c1-15-13-19(16(2)24(15)18-7-5-17(22)6-8-18)20(25)14-23-11-9-21(3,4)10-12-23/h5-8,13H,9-12,14H2,1-4H3. The summed E-state index contributed by atoms with van der Waals surface area (Å²) in [5, 5.41) is 0. The molecular weight excluding hydrogens is 423 g/mol. The van der Waals surface area contributed by atoms with E-state index in [2.05, 4.69) is 84.0 Å². The zero-order chi connectivity index (χ0) is 18.2. The highest BCUT2D eigenvalue weighted by Crippen LogP contribution is 2.30. The Kier molecular flexibility index (Phi) is 5.40. The van der Waals surface area contributed by atoms with Gasteiger partial charge in [0.2, 0.25) is 0 Å². The lowest BCUT2D eigenvalue weighted by molar-refractivity contribution is 0.0845. The van der Waals surface area contributed by atoms with Gasteiger partial charge in [0.15, 0.2) is 5.78 Å². The van der Waals surface area contributed by atoms with Crippen LogP contribution in [0, 0.1) is 22.8 Å². The van der Waals surface area contributed by atoms with Gasteiger partial charge in [0.05, 0.1) is 6.54 Å². The van der Waals surface area contributed by atoms with Crippen LogP contribution in [0.1, 0.15) is 48.4 Å². The van der Waals surface area contributed by atoms with Crippen molar-refractivity contribution in [2.45, 2.75) is 40.5 Å². The molecule has 0 N–H and O–H groups in total. The van der Waals surface area contributed by atoms with Gasteiger partial charge in [-0.2, -0.15) is 0 Å². The molecule has 0 radical (unpaired) electrons. The first-order chi connectivity index (χ1) is 11.8. The van der Waals surface area contributed by atoms with Crippen LogP contribution in [-0.2, 0) is 0 Å². The molecule has 134 valence electrons. The summed E-state index contributed by atoms with van der Waals surface area (Å²) in [5.41, 5.74) is 4.55. The van der Waals surface area contributed by atoms with Gasteiger partial charge in [-0.25, -0.2) is 0 Å². The first kappa shape index (κ1) is 18.6. The third-order valence-corrected chi connectivity index (χ3v) is 6.11. The predicted molar refractivity (Wildman–Crippen MR) is 112 cm³/mol. The van der Waals surface area contributed by atoms with Crippen LogP contribution in [0.2, 0.25) is 0 Å². The van der Waals surface area contributed by atoms with Gasteiger partial charge in [-0.1, -0.05) is 13.8 Å². The van der Waals surface area contributed by atoms with Gasteiger partial charge < -0.3 is 4.57 Å². The van der Waals surface area contributed by atoms with Gasteiger partial charge in [-0.3, -0.25) is 9.69 Å². The fraction of sp³-hybridized carbons (Fsp3) is 0.476. The summed E-state index contributed by atoms with van der Waals surface area (Å²) in [6, 6.07) is 10.5.